The van der Waals surface area contributed by atoms with Crippen molar-refractivity contribution in [3.8, 4) is 0 Å². The first-order valence-electron chi connectivity index (χ1n) is 7.27. The Kier molecular flexibility index (Phi) is 5.51. The lowest BCUT2D eigenvalue weighted by molar-refractivity contribution is 0.127. The first kappa shape index (κ1) is 16.3. The van der Waals surface area contributed by atoms with E-state index in [4.69, 9.17) is 0 Å². The summed E-state index contributed by atoms with van der Waals surface area (Å²) in [6.07, 6.45) is 7.74. The fraction of sp³-hybridized carbons (Fsp3) is 0.786. The Labute approximate surface area is 135 Å². The highest BCUT2D eigenvalue weighted by Crippen LogP contribution is 2.29. The van der Waals surface area contributed by atoms with Crippen molar-refractivity contribution < 1.29 is 0 Å². The van der Waals surface area contributed by atoms with Crippen LogP contribution in [0.1, 0.15) is 32.2 Å². The summed E-state index contributed by atoms with van der Waals surface area (Å²) in [6, 6.07) is 0.581. The molecular formula is C14H24BrClN4. The van der Waals surface area contributed by atoms with Crippen LogP contribution in [0.4, 0.5) is 0 Å². The standard InChI is InChI=1S/C14H23BrN4.ClH/c1-14(4-5-16-10-14)11-18-6-2-13(3-7-18)19-9-12(15)8-17-19;/h8-9,13,16H,2-7,10-11H2,1H3;1H. The summed E-state index contributed by atoms with van der Waals surface area (Å²) in [7, 11) is 0. The maximum atomic E-state index is 4.42. The third kappa shape index (κ3) is 3.75. The summed E-state index contributed by atoms with van der Waals surface area (Å²) in [6.45, 7) is 8.45. The molecule has 1 aromatic heterocycles. The second-order valence-electron chi connectivity index (χ2n) is 6.38. The van der Waals surface area contributed by atoms with E-state index in [1.807, 2.05) is 6.20 Å². The summed E-state index contributed by atoms with van der Waals surface area (Å²) in [5, 5.41) is 7.92. The molecule has 1 atom stereocenters. The van der Waals surface area contributed by atoms with Crippen LogP contribution in [0.15, 0.2) is 16.9 Å². The van der Waals surface area contributed by atoms with Gasteiger partial charge in [-0.1, -0.05) is 6.92 Å². The average Bonchev–Trinajstić information content (AvgIpc) is 3.00. The maximum absolute atomic E-state index is 4.42. The van der Waals surface area contributed by atoms with Crippen LogP contribution in [0, 0.1) is 5.41 Å². The van der Waals surface area contributed by atoms with Crippen LogP contribution in [-0.2, 0) is 0 Å². The fourth-order valence-electron chi connectivity index (χ4n) is 3.40. The number of hydrogen-bond acceptors (Lipinski definition) is 3. The van der Waals surface area contributed by atoms with Crippen LogP contribution in [0.5, 0.6) is 0 Å². The van der Waals surface area contributed by atoms with Gasteiger partial charge in [0.1, 0.15) is 0 Å². The first-order chi connectivity index (χ1) is 9.15. The van der Waals surface area contributed by atoms with Gasteiger partial charge >= 0.3 is 0 Å². The number of aromatic nitrogens is 2. The van der Waals surface area contributed by atoms with Gasteiger partial charge < -0.3 is 10.2 Å². The van der Waals surface area contributed by atoms with Gasteiger partial charge in [-0.15, -0.1) is 12.4 Å². The Morgan fingerprint density at radius 3 is 2.75 bits per heavy atom. The predicted molar refractivity (Wildman–Crippen MR) is 87.5 cm³/mol. The van der Waals surface area contributed by atoms with E-state index in [2.05, 4.69) is 49.0 Å². The van der Waals surface area contributed by atoms with E-state index in [1.54, 1.807) is 0 Å². The molecule has 2 saturated heterocycles. The van der Waals surface area contributed by atoms with Crippen LogP contribution in [-0.4, -0.2) is 47.4 Å². The summed E-state index contributed by atoms with van der Waals surface area (Å²) >= 11 is 3.48. The molecule has 20 heavy (non-hydrogen) atoms. The van der Waals surface area contributed by atoms with Crippen molar-refractivity contribution in [1.29, 1.82) is 0 Å². The van der Waals surface area contributed by atoms with Crippen molar-refractivity contribution in [2.45, 2.75) is 32.2 Å². The number of hydrogen-bond donors (Lipinski definition) is 1. The molecule has 0 amide bonds. The van der Waals surface area contributed by atoms with Gasteiger partial charge in [-0.3, -0.25) is 4.68 Å². The zero-order chi connectivity index (χ0) is 13.3. The van der Waals surface area contributed by atoms with Gasteiger partial charge in [0.05, 0.1) is 16.7 Å². The molecule has 0 spiro atoms. The minimum absolute atomic E-state index is 0. The second kappa shape index (κ2) is 6.77. The lowest BCUT2D eigenvalue weighted by atomic mass is 9.88. The molecule has 3 heterocycles. The minimum atomic E-state index is 0. The number of halogens is 2. The molecule has 0 radical (unpaired) electrons. The smallest absolute Gasteiger partial charge is 0.0632 e. The van der Waals surface area contributed by atoms with Gasteiger partial charge in [0.2, 0.25) is 0 Å². The zero-order valence-corrected chi connectivity index (χ0v) is 14.4. The Morgan fingerprint density at radius 2 is 2.20 bits per heavy atom. The highest BCUT2D eigenvalue weighted by Gasteiger charge is 2.32. The molecule has 0 saturated carbocycles. The quantitative estimate of drug-likeness (QED) is 0.896. The predicted octanol–water partition coefficient (Wildman–Crippen LogP) is 2.70. The Balaban J connectivity index is 0.00000147. The normalized spacial score (nSPS) is 28.5. The molecule has 1 aromatic rings. The fourth-order valence-corrected chi connectivity index (χ4v) is 3.70. The van der Waals surface area contributed by atoms with Crippen LogP contribution in [0.2, 0.25) is 0 Å². The highest BCUT2D eigenvalue weighted by atomic mass is 79.9. The van der Waals surface area contributed by atoms with Gasteiger partial charge in [0, 0.05) is 32.4 Å². The monoisotopic (exact) mass is 362 g/mol. The van der Waals surface area contributed by atoms with Crippen LogP contribution < -0.4 is 5.32 Å². The Morgan fingerprint density at radius 1 is 1.45 bits per heavy atom. The van der Waals surface area contributed by atoms with Crippen molar-refractivity contribution >= 4 is 28.3 Å². The number of nitrogens with zero attached hydrogens (tertiary/aromatic N) is 3. The van der Waals surface area contributed by atoms with Crippen molar-refractivity contribution in [2.75, 3.05) is 32.7 Å². The molecular weight excluding hydrogens is 340 g/mol. The minimum Gasteiger partial charge on any atom is -0.316 e. The van der Waals surface area contributed by atoms with Gasteiger partial charge in [-0.05, 0) is 47.2 Å². The lowest BCUT2D eigenvalue weighted by Gasteiger charge is -2.37. The van der Waals surface area contributed by atoms with Gasteiger partial charge in [-0.25, -0.2) is 0 Å². The van der Waals surface area contributed by atoms with E-state index in [0.717, 1.165) is 4.47 Å². The van der Waals surface area contributed by atoms with Crippen molar-refractivity contribution in [3.05, 3.63) is 16.9 Å². The number of likely N-dealkylation sites (tertiary alicyclic amines) is 1. The largest absolute Gasteiger partial charge is 0.316 e. The second-order valence-corrected chi connectivity index (χ2v) is 7.30. The third-order valence-corrected chi connectivity index (χ3v) is 4.97. The molecule has 114 valence electrons. The molecule has 6 heteroatoms. The summed E-state index contributed by atoms with van der Waals surface area (Å²) in [5.74, 6) is 0. The van der Waals surface area contributed by atoms with E-state index in [9.17, 15) is 0 Å². The third-order valence-electron chi connectivity index (χ3n) is 4.56. The van der Waals surface area contributed by atoms with E-state index >= 15 is 0 Å². The van der Waals surface area contributed by atoms with Crippen molar-refractivity contribution in [2.24, 2.45) is 5.41 Å². The zero-order valence-electron chi connectivity index (χ0n) is 12.0. The lowest BCUT2D eigenvalue weighted by Crippen LogP contribution is -2.42. The van der Waals surface area contributed by atoms with E-state index in [-0.39, 0.29) is 12.4 Å². The SMILES string of the molecule is CC1(CN2CCC(n3cc(Br)cn3)CC2)CCNC1.Cl. The molecule has 0 aromatic carbocycles. The van der Waals surface area contributed by atoms with Crippen molar-refractivity contribution in [3.63, 3.8) is 0 Å². The molecule has 1 N–H and O–H groups in total. The summed E-state index contributed by atoms with van der Waals surface area (Å²) < 4.78 is 3.21. The number of piperidine rings is 1. The van der Waals surface area contributed by atoms with Crippen LogP contribution >= 0.6 is 28.3 Å². The average molecular weight is 364 g/mol. The molecule has 2 aliphatic heterocycles. The molecule has 2 fully saturated rings. The molecule has 3 rings (SSSR count). The number of nitrogens with one attached hydrogen (secondary N) is 1. The highest BCUT2D eigenvalue weighted by molar-refractivity contribution is 9.10. The topological polar surface area (TPSA) is 33.1 Å². The van der Waals surface area contributed by atoms with E-state index < -0.39 is 0 Å². The maximum Gasteiger partial charge on any atom is 0.0632 e. The summed E-state index contributed by atoms with van der Waals surface area (Å²) in [5.41, 5.74) is 0.488. The molecule has 1 unspecified atom stereocenters. The van der Waals surface area contributed by atoms with Gasteiger partial charge in [-0.2, -0.15) is 5.10 Å². The Bertz CT molecular complexity index is 423. The molecule has 2 aliphatic rings. The van der Waals surface area contributed by atoms with Gasteiger partial charge in [0.25, 0.3) is 0 Å². The van der Waals surface area contributed by atoms with Gasteiger partial charge in [0.15, 0.2) is 0 Å². The number of rotatable bonds is 3. The molecule has 0 aliphatic carbocycles. The van der Waals surface area contributed by atoms with Crippen LogP contribution in [0.3, 0.4) is 0 Å². The van der Waals surface area contributed by atoms with E-state index in [0.29, 0.717) is 11.5 Å². The summed E-state index contributed by atoms with van der Waals surface area (Å²) in [4.78, 5) is 2.64. The molecule has 0 bridgehead atoms. The Hall–Kier alpha value is -0.100. The van der Waals surface area contributed by atoms with E-state index in [1.165, 1.54) is 52.0 Å². The molecule has 4 nitrogen and oxygen atoms in total. The van der Waals surface area contributed by atoms with Crippen molar-refractivity contribution in [1.82, 2.24) is 20.0 Å². The first-order valence-corrected chi connectivity index (χ1v) is 8.07. The van der Waals surface area contributed by atoms with Crippen LogP contribution in [0.25, 0.3) is 0 Å².